The molecular formula is C14H26O2. The van der Waals surface area contributed by atoms with Crippen LogP contribution in [0.25, 0.3) is 0 Å². The third kappa shape index (κ3) is 4.56. The molecule has 16 heavy (non-hydrogen) atoms. The fraction of sp³-hybridized carbons (Fsp3) is 0.571. The van der Waals surface area contributed by atoms with Gasteiger partial charge in [0.25, 0.3) is 0 Å². The smallest absolute Gasteiger partial charge is 0.163 e. The Labute approximate surface area is 101 Å². The van der Waals surface area contributed by atoms with Crippen molar-refractivity contribution < 1.29 is 9.47 Å². The van der Waals surface area contributed by atoms with Gasteiger partial charge < -0.3 is 9.47 Å². The molecule has 1 aromatic carbocycles. The fourth-order valence-electron chi connectivity index (χ4n) is 1.27. The Kier molecular flexibility index (Phi) is 11.1. The van der Waals surface area contributed by atoms with Crippen molar-refractivity contribution in [1.82, 2.24) is 0 Å². The molecule has 0 saturated carbocycles. The Morgan fingerprint density at radius 1 is 0.688 bits per heavy atom. The maximum absolute atomic E-state index is 5.22. The van der Waals surface area contributed by atoms with Crippen LogP contribution < -0.4 is 9.47 Å². The van der Waals surface area contributed by atoms with Crippen molar-refractivity contribution in [2.24, 2.45) is 0 Å². The predicted molar refractivity (Wildman–Crippen MR) is 71.7 cm³/mol. The first-order valence-corrected chi connectivity index (χ1v) is 5.89. The van der Waals surface area contributed by atoms with Crippen molar-refractivity contribution >= 4 is 0 Å². The van der Waals surface area contributed by atoms with Crippen LogP contribution >= 0.6 is 0 Å². The van der Waals surface area contributed by atoms with Crippen LogP contribution in [0.15, 0.2) is 12.1 Å². The van der Waals surface area contributed by atoms with Gasteiger partial charge in [0.2, 0.25) is 0 Å². The van der Waals surface area contributed by atoms with Crippen LogP contribution in [-0.4, -0.2) is 14.2 Å². The van der Waals surface area contributed by atoms with Crippen molar-refractivity contribution in [3.63, 3.8) is 0 Å². The van der Waals surface area contributed by atoms with Crippen molar-refractivity contribution in [3.05, 3.63) is 23.3 Å². The van der Waals surface area contributed by atoms with Crippen molar-refractivity contribution in [2.75, 3.05) is 14.2 Å². The molecule has 0 aliphatic heterocycles. The first kappa shape index (κ1) is 17.2. The van der Waals surface area contributed by atoms with E-state index in [2.05, 4.69) is 0 Å². The van der Waals surface area contributed by atoms with Gasteiger partial charge in [-0.05, 0) is 25.0 Å². The molecule has 0 atom stereocenters. The largest absolute Gasteiger partial charge is 0.493 e. The highest BCUT2D eigenvalue weighted by atomic mass is 16.5. The van der Waals surface area contributed by atoms with E-state index in [-0.39, 0.29) is 0 Å². The van der Waals surface area contributed by atoms with E-state index in [0.717, 1.165) is 22.6 Å². The third-order valence-corrected chi connectivity index (χ3v) is 1.91. The van der Waals surface area contributed by atoms with E-state index in [9.17, 15) is 0 Å². The second kappa shape index (κ2) is 10.3. The zero-order chi connectivity index (χ0) is 13.1. The Hall–Kier alpha value is -1.18. The lowest BCUT2D eigenvalue weighted by molar-refractivity contribution is 0.351. The molecule has 2 heteroatoms. The summed E-state index contributed by atoms with van der Waals surface area (Å²) in [6, 6.07) is 4.05. The highest BCUT2D eigenvalue weighted by Gasteiger charge is 2.08. The number of rotatable bonds is 2. The highest BCUT2D eigenvalue weighted by molar-refractivity contribution is 5.50. The molecule has 0 fully saturated rings. The van der Waals surface area contributed by atoms with E-state index in [0.29, 0.717) is 0 Å². The van der Waals surface area contributed by atoms with Crippen molar-refractivity contribution in [1.29, 1.82) is 0 Å². The average molecular weight is 226 g/mol. The number of methoxy groups -OCH3 is 2. The maximum Gasteiger partial charge on any atom is 0.163 e. The molecule has 0 spiro atoms. The second-order valence-electron chi connectivity index (χ2n) is 2.77. The van der Waals surface area contributed by atoms with Crippen LogP contribution in [0.1, 0.15) is 38.8 Å². The molecule has 0 aliphatic carbocycles. The van der Waals surface area contributed by atoms with Crippen LogP contribution in [0.4, 0.5) is 0 Å². The Morgan fingerprint density at radius 3 is 1.12 bits per heavy atom. The molecule has 1 rings (SSSR count). The lowest BCUT2D eigenvalue weighted by Gasteiger charge is -2.12. The minimum Gasteiger partial charge on any atom is -0.493 e. The minimum atomic E-state index is 0.831. The molecule has 0 aliphatic rings. The van der Waals surface area contributed by atoms with Crippen LogP contribution in [0, 0.1) is 13.8 Å². The summed E-state index contributed by atoms with van der Waals surface area (Å²) in [5, 5.41) is 0. The van der Waals surface area contributed by atoms with Gasteiger partial charge in [0, 0.05) is 0 Å². The summed E-state index contributed by atoms with van der Waals surface area (Å²) < 4.78 is 10.4. The summed E-state index contributed by atoms with van der Waals surface area (Å²) >= 11 is 0. The van der Waals surface area contributed by atoms with E-state index >= 15 is 0 Å². The maximum atomic E-state index is 5.22. The normalized spacial score (nSPS) is 8.00. The number of hydrogen-bond acceptors (Lipinski definition) is 2. The molecule has 0 bridgehead atoms. The molecule has 0 radical (unpaired) electrons. The van der Waals surface area contributed by atoms with Gasteiger partial charge in [-0.15, -0.1) is 0 Å². The van der Waals surface area contributed by atoms with Gasteiger partial charge in [0.15, 0.2) is 11.5 Å². The van der Waals surface area contributed by atoms with Crippen LogP contribution in [0.3, 0.4) is 0 Å². The number of aryl methyl sites for hydroxylation is 2. The standard InChI is InChI=1S/C10H14O2.2C2H6/c1-7-5-6-8(2)10(12-4)9(7)11-3;2*1-2/h5-6H,1-4H3;2*1-2H3. The van der Waals surface area contributed by atoms with Gasteiger partial charge in [-0.3, -0.25) is 0 Å². The molecule has 0 saturated heterocycles. The van der Waals surface area contributed by atoms with Gasteiger partial charge in [0.1, 0.15) is 0 Å². The van der Waals surface area contributed by atoms with E-state index in [1.54, 1.807) is 14.2 Å². The summed E-state index contributed by atoms with van der Waals surface area (Å²) in [5.74, 6) is 1.66. The van der Waals surface area contributed by atoms with Crippen LogP contribution in [0.2, 0.25) is 0 Å². The zero-order valence-corrected chi connectivity index (χ0v) is 12.0. The molecule has 0 amide bonds. The van der Waals surface area contributed by atoms with Gasteiger partial charge in [-0.25, -0.2) is 0 Å². The van der Waals surface area contributed by atoms with Gasteiger partial charge in [-0.1, -0.05) is 39.8 Å². The summed E-state index contributed by atoms with van der Waals surface area (Å²) in [7, 11) is 3.31. The summed E-state index contributed by atoms with van der Waals surface area (Å²) in [6.07, 6.45) is 0. The number of benzene rings is 1. The molecule has 1 aromatic rings. The minimum absolute atomic E-state index is 0.831. The second-order valence-corrected chi connectivity index (χ2v) is 2.77. The lowest BCUT2D eigenvalue weighted by atomic mass is 10.1. The van der Waals surface area contributed by atoms with E-state index in [1.165, 1.54) is 0 Å². The monoisotopic (exact) mass is 226 g/mol. The molecule has 0 unspecified atom stereocenters. The molecule has 0 N–H and O–H groups in total. The quantitative estimate of drug-likeness (QED) is 0.745. The van der Waals surface area contributed by atoms with Crippen molar-refractivity contribution in [2.45, 2.75) is 41.5 Å². The van der Waals surface area contributed by atoms with Gasteiger partial charge in [0.05, 0.1) is 14.2 Å². The first-order chi connectivity index (χ1) is 7.70. The number of hydrogen-bond donors (Lipinski definition) is 0. The fourth-order valence-corrected chi connectivity index (χ4v) is 1.27. The SMILES string of the molecule is CC.CC.COc1c(C)ccc(C)c1OC. The predicted octanol–water partition coefficient (Wildman–Crippen LogP) is 4.37. The molecule has 2 nitrogen and oxygen atoms in total. The Bertz CT molecular complexity index is 251. The summed E-state index contributed by atoms with van der Waals surface area (Å²) in [5.41, 5.74) is 2.19. The van der Waals surface area contributed by atoms with E-state index < -0.39 is 0 Å². The van der Waals surface area contributed by atoms with Gasteiger partial charge in [-0.2, -0.15) is 0 Å². The van der Waals surface area contributed by atoms with Crippen molar-refractivity contribution in [3.8, 4) is 11.5 Å². The molecule has 0 heterocycles. The first-order valence-electron chi connectivity index (χ1n) is 5.89. The Balaban J connectivity index is 0. The molecular weight excluding hydrogens is 200 g/mol. The lowest BCUT2D eigenvalue weighted by Crippen LogP contribution is -1.94. The summed E-state index contributed by atoms with van der Waals surface area (Å²) in [4.78, 5) is 0. The number of ether oxygens (including phenoxy) is 2. The third-order valence-electron chi connectivity index (χ3n) is 1.91. The topological polar surface area (TPSA) is 18.5 Å². The molecule has 94 valence electrons. The highest BCUT2D eigenvalue weighted by Crippen LogP contribution is 2.33. The zero-order valence-electron chi connectivity index (χ0n) is 12.0. The van der Waals surface area contributed by atoms with Crippen LogP contribution in [-0.2, 0) is 0 Å². The molecule has 0 aromatic heterocycles. The summed E-state index contributed by atoms with van der Waals surface area (Å²) in [6.45, 7) is 12.0. The van der Waals surface area contributed by atoms with E-state index in [1.807, 2.05) is 53.7 Å². The average Bonchev–Trinajstić information content (AvgIpc) is 2.36. The van der Waals surface area contributed by atoms with E-state index in [4.69, 9.17) is 9.47 Å². The van der Waals surface area contributed by atoms with Gasteiger partial charge >= 0.3 is 0 Å². The van der Waals surface area contributed by atoms with Crippen LogP contribution in [0.5, 0.6) is 11.5 Å². The Morgan fingerprint density at radius 2 is 0.938 bits per heavy atom.